The SMILES string of the molecule is CCc1ccc(N=C2S/C(=C\c3cc(Br)c(OCc4cccc5ccccc45)c(Br)c3)C(=O)N2c2ccc(CC)cc2)cc1. The minimum atomic E-state index is -0.105. The Labute approximate surface area is 279 Å². The Kier molecular flexibility index (Phi) is 9.36. The molecule has 4 nitrogen and oxygen atoms in total. The highest BCUT2D eigenvalue weighted by molar-refractivity contribution is 9.11. The second-order valence-electron chi connectivity index (χ2n) is 10.4. The fourth-order valence-corrected chi connectivity index (χ4v) is 7.55. The number of amidine groups is 1. The summed E-state index contributed by atoms with van der Waals surface area (Å²) >= 11 is 8.79. The minimum absolute atomic E-state index is 0.105. The lowest BCUT2D eigenvalue weighted by atomic mass is 10.1. The highest BCUT2D eigenvalue weighted by Crippen LogP contribution is 2.40. The molecule has 5 aromatic carbocycles. The minimum Gasteiger partial charge on any atom is -0.487 e. The molecule has 0 aromatic heterocycles. The molecular formula is C37H30Br2N2O2S. The van der Waals surface area contributed by atoms with Crippen molar-refractivity contribution in [2.75, 3.05) is 4.90 Å². The summed E-state index contributed by atoms with van der Waals surface area (Å²) in [6, 6.07) is 34.8. The van der Waals surface area contributed by atoms with Crippen LogP contribution in [0.3, 0.4) is 0 Å². The third-order valence-corrected chi connectivity index (χ3v) is 9.70. The van der Waals surface area contributed by atoms with E-state index in [-0.39, 0.29) is 5.91 Å². The van der Waals surface area contributed by atoms with Crippen molar-refractivity contribution in [2.45, 2.75) is 33.3 Å². The van der Waals surface area contributed by atoms with Crippen LogP contribution in [0.1, 0.15) is 36.1 Å². The van der Waals surface area contributed by atoms with Gasteiger partial charge in [-0.3, -0.25) is 9.69 Å². The Morgan fingerprint density at radius 1 is 0.818 bits per heavy atom. The first-order chi connectivity index (χ1) is 21.4. The van der Waals surface area contributed by atoms with Gasteiger partial charge in [-0.05, 0) is 132 Å². The van der Waals surface area contributed by atoms with Crippen LogP contribution in [0.15, 0.2) is 122 Å². The average Bonchev–Trinajstić information content (AvgIpc) is 3.34. The molecule has 0 N–H and O–H groups in total. The lowest BCUT2D eigenvalue weighted by molar-refractivity contribution is -0.113. The van der Waals surface area contributed by atoms with E-state index in [0.29, 0.717) is 22.4 Å². The summed E-state index contributed by atoms with van der Waals surface area (Å²) in [5, 5.41) is 2.99. The Bertz CT molecular complexity index is 1870. The number of fused-ring (bicyclic) bond motifs is 1. The molecule has 1 saturated heterocycles. The van der Waals surface area contributed by atoms with E-state index in [1.807, 2.05) is 54.6 Å². The Morgan fingerprint density at radius 3 is 2.14 bits per heavy atom. The third kappa shape index (κ3) is 6.55. The second-order valence-corrected chi connectivity index (χ2v) is 13.1. The predicted molar refractivity (Wildman–Crippen MR) is 192 cm³/mol. The molecular weight excluding hydrogens is 696 g/mol. The number of amides is 1. The summed E-state index contributed by atoms with van der Waals surface area (Å²) in [6.07, 6.45) is 3.81. The number of rotatable bonds is 8. The van der Waals surface area contributed by atoms with Crippen LogP contribution in [0, 0.1) is 0 Å². The Balaban J connectivity index is 1.29. The van der Waals surface area contributed by atoms with E-state index in [1.54, 1.807) is 4.90 Å². The number of thioether (sulfide) groups is 1. The van der Waals surface area contributed by atoms with Gasteiger partial charge in [-0.2, -0.15) is 0 Å². The molecule has 1 aliphatic rings. The monoisotopic (exact) mass is 724 g/mol. The lowest BCUT2D eigenvalue weighted by Gasteiger charge is -2.16. The van der Waals surface area contributed by atoms with Gasteiger partial charge in [0.15, 0.2) is 5.17 Å². The fourth-order valence-electron chi connectivity index (χ4n) is 5.09. The van der Waals surface area contributed by atoms with Crippen LogP contribution in [0.25, 0.3) is 16.8 Å². The zero-order chi connectivity index (χ0) is 30.6. The first-order valence-electron chi connectivity index (χ1n) is 14.5. The van der Waals surface area contributed by atoms with Gasteiger partial charge in [0, 0.05) is 0 Å². The van der Waals surface area contributed by atoms with Gasteiger partial charge in [0.2, 0.25) is 0 Å². The molecule has 1 heterocycles. The van der Waals surface area contributed by atoms with Crippen molar-refractivity contribution in [3.05, 3.63) is 139 Å². The van der Waals surface area contributed by atoms with Gasteiger partial charge in [-0.1, -0.05) is 80.6 Å². The quantitative estimate of drug-likeness (QED) is 0.150. The number of hydrogen-bond acceptors (Lipinski definition) is 4. The van der Waals surface area contributed by atoms with Crippen molar-refractivity contribution in [2.24, 2.45) is 4.99 Å². The maximum absolute atomic E-state index is 13.9. The number of carbonyl (C=O) groups is 1. The summed E-state index contributed by atoms with van der Waals surface area (Å²) in [6.45, 7) is 4.68. The van der Waals surface area contributed by atoms with E-state index in [9.17, 15) is 4.79 Å². The van der Waals surface area contributed by atoms with E-state index in [4.69, 9.17) is 9.73 Å². The summed E-state index contributed by atoms with van der Waals surface area (Å²) in [4.78, 5) is 21.1. The van der Waals surface area contributed by atoms with Crippen molar-refractivity contribution in [1.29, 1.82) is 0 Å². The van der Waals surface area contributed by atoms with Crippen LogP contribution in [-0.4, -0.2) is 11.1 Å². The smallest absolute Gasteiger partial charge is 0.271 e. The number of benzene rings is 5. The van der Waals surface area contributed by atoms with Crippen LogP contribution in [-0.2, 0) is 24.2 Å². The summed E-state index contributed by atoms with van der Waals surface area (Å²) in [7, 11) is 0. The predicted octanol–water partition coefficient (Wildman–Crippen LogP) is 10.9. The fraction of sp³-hybridized carbons (Fsp3) is 0.135. The largest absolute Gasteiger partial charge is 0.487 e. The van der Waals surface area contributed by atoms with Gasteiger partial charge in [0.05, 0.1) is 25.2 Å². The van der Waals surface area contributed by atoms with Crippen molar-refractivity contribution in [3.8, 4) is 5.75 Å². The number of hydrogen-bond donors (Lipinski definition) is 0. The average molecular weight is 727 g/mol. The molecule has 0 spiro atoms. The molecule has 0 bridgehead atoms. The maximum atomic E-state index is 13.9. The van der Waals surface area contributed by atoms with Gasteiger partial charge >= 0.3 is 0 Å². The number of carbonyl (C=O) groups excluding carboxylic acids is 1. The van der Waals surface area contributed by atoms with Crippen molar-refractivity contribution in [1.82, 2.24) is 0 Å². The van der Waals surface area contributed by atoms with E-state index < -0.39 is 0 Å². The first-order valence-corrected chi connectivity index (χ1v) is 16.9. The second kappa shape index (κ2) is 13.6. The summed E-state index contributed by atoms with van der Waals surface area (Å²) < 4.78 is 7.88. The molecule has 7 heteroatoms. The van der Waals surface area contributed by atoms with Gasteiger partial charge in [-0.15, -0.1) is 0 Å². The number of anilines is 1. The molecule has 0 unspecified atom stereocenters. The molecule has 0 aliphatic carbocycles. The van der Waals surface area contributed by atoms with Gasteiger partial charge < -0.3 is 4.74 Å². The Hall–Kier alpha value is -3.65. The van der Waals surface area contributed by atoms with Crippen LogP contribution >= 0.6 is 43.6 Å². The molecule has 1 fully saturated rings. The number of aliphatic imine (C=N–C) groups is 1. The Morgan fingerprint density at radius 2 is 1.45 bits per heavy atom. The topological polar surface area (TPSA) is 41.9 Å². The molecule has 0 saturated carbocycles. The number of aryl methyl sites for hydroxylation is 2. The zero-order valence-corrected chi connectivity index (χ0v) is 28.4. The van der Waals surface area contributed by atoms with E-state index in [2.05, 4.69) is 100 Å². The third-order valence-electron chi connectivity index (χ3n) is 7.55. The molecule has 6 rings (SSSR count). The summed E-state index contributed by atoms with van der Waals surface area (Å²) in [5.74, 6) is 0.604. The van der Waals surface area contributed by atoms with Crippen LogP contribution < -0.4 is 9.64 Å². The number of nitrogens with zero attached hydrogens (tertiary/aromatic N) is 2. The van der Waals surface area contributed by atoms with Crippen LogP contribution in [0.2, 0.25) is 0 Å². The van der Waals surface area contributed by atoms with Crippen molar-refractivity contribution >= 4 is 82.9 Å². The summed E-state index contributed by atoms with van der Waals surface area (Å²) in [5.41, 5.74) is 6.06. The molecule has 0 atom stereocenters. The van der Waals surface area contributed by atoms with Crippen molar-refractivity contribution in [3.63, 3.8) is 0 Å². The van der Waals surface area contributed by atoms with Gasteiger partial charge in [-0.25, -0.2) is 4.99 Å². The molecule has 0 radical (unpaired) electrons. The van der Waals surface area contributed by atoms with E-state index in [0.717, 1.165) is 44.3 Å². The van der Waals surface area contributed by atoms with Crippen LogP contribution in [0.4, 0.5) is 11.4 Å². The van der Waals surface area contributed by atoms with E-state index in [1.165, 1.54) is 33.7 Å². The highest BCUT2D eigenvalue weighted by Gasteiger charge is 2.35. The molecule has 44 heavy (non-hydrogen) atoms. The van der Waals surface area contributed by atoms with Gasteiger partial charge in [0.1, 0.15) is 12.4 Å². The first kappa shape index (κ1) is 30.4. The van der Waals surface area contributed by atoms with Crippen molar-refractivity contribution < 1.29 is 9.53 Å². The molecule has 1 amide bonds. The van der Waals surface area contributed by atoms with Crippen LogP contribution in [0.5, 0.6) is 5.75 Å². The highest BCUT2D eigenvalue weighted by atomic mass is 79.9. The lowest BCUT2D eigenvalue weighted by Crippen LogP contribution is -2.28. The molecule has 220 valence electrons. The zero-order valence-electron chi connectivity index (χ0n) is 24.4. The van der Waals surface area contributed by atoms with E-state index >= 15 is 0 Å². The normalized spacial score (nSPS) is 15.1. The number of halogens is 2. The maximum Gasteiger partial charge on any atom is 0.271 e. The number of ether oxygens (including phenoxy) is 1. The molecule has 5 aromatic rings. The standard InChI is InChI=1S/C37H30Br2N2O2S/c1-3-24-12-16-29(17-13-24)40-37-41(30-18-14-25(4-2)15-19-30)36(42)34(44-37)22-26-20-32(38)35(33(39)21-26)43-23-28-10-7-9-27-8-5-6-11-31(27)28/h5-22H,3-4,23H2,1-2H3/b34-22-,40-37?. The molecule has 1 aliphatic heterocycles. The van der Waals surface area contributed by atoms with Gasteiger partial charge in [0.25, 0.3) is 5.91 Å².